The molecular weight excluding hydrogens is 274 g/mol. The SMILES string of the molecule is COC(=O)c1cc(N)cc(Cl)c1SC(C)CCO. The quantitative estimate of drug-likeness (QED) is 0.495. The van der Waals surface area contributed by atoms with Crippen molar-refractivity contribution in [3.63, 3.8) is 0 Å². The number of aliphatic hydroxyl groups is 1. The van der Waals surface area contributed by atoms with Crippen molar-refractivity contribution < 1.29 is 14.6 Å². The number of hydrogen-bond acceptors (Lipinski definition) is 5. The number of carbonyl (C=O) groups excluding carboxylic acids is 1. The van der Waals surface area contributed by atoms with E-state index in [2.05, 4.69) is 0 Å². The van der Waals surface area contributed by atoms with Crippen LogP contribution in [0.1, 0.15) is 23.7 Å². The van der Waals surface area contributed by atoms with Crippen molar-refractivity contribution in [2.45, 2.75) is 23.5 Å². The summed E-state index contributed by atoms with van der Waals surface area (Å²) in [5.41, 5.74) is 6.44. The molecule has 1 aromatic rings. The van der Waals surface area contributed by atoms with Crippen LogP contribution < -0.4 is 5.73 Å². The Bertz CT molecular complexity index is 440. The number of ether oxygens (including phenoxy) is 1. The minimum absolute atomic E-state index is 0.0916. The fourth-order valence-corrected chi connectivity index (χ4v) is 2.87. The van der Waals surface area contributed by atoms with E-state index in [1.54, 1.807) is 12.1 Å². The molecule has 3 N–H and O–H groups in total. The van der Waals surface area contributed by atoms with Gasteiger partial charge in [-0.15, -0.1) is 11.8 Å². The molecule has 0 aromatic heterocycles. The molecule has 0 saturated heterocycles. The smallest absolute Gasteiger partial charge is 0.339 e. The predicted octanol–water partition coefficient (Wildman–Crippen LogP) is 2.57. The standard InChI is InChI=1S/C12H16ClNO3S/c1-7(3-4-15)18-11-9(12(16)17-2)5-8(14)6-10(11)13/h5-7,15H,3-4,14H2,1-2H3. The van der Waals surface area contributed by atoms with Gasteiger partial charge in [0.2, 0.25) is 0 Å². The summed E-state index contributed by atoms with van der Waals surface area (Å²) in [7, 11) is 1.31. The number of hydrogen-bond donors (Lipinski definition) is 2. The molecule has 0 spiro atoms. The molecule has 100 valence electrons. The van der Waals surface area contributed by atoms with Crippen LogP contribution >= 0.6 is 23.4 Å². The van der Waals surface area contributed by atoms with E-state index in [4.69, 9.17) is 27.2 Å². The summed E-state index contributed by atoms with van der Waals surface area (Å²) in [6.45, 7) is 2.04. The van der Waals surface area contributed by atoms with E-state index in [0.29, 0.717) is 27.6 Å². The molecule has 1 atom stereocenters. The van der Waals surface area contributed by atoms with E-state index in [9.17, 15) is 4.79 Å². The van der Waals surface area contributed by atoms with E-state index in [0.717, 1.165) is 0 Å². The second-order valence-corrected chi connectivity index (χ2v) is 5.67. The third kappa shape index (κ3) is 3.80. The first-order chi connectivity index (χ1) is 8.49. The lowest BCUT2D eigenvalue weighted by Gasteiger charge is -2.14. The van der Waals surface area contributed by atoms with Gasteiger partial charge in [0.1, 0.15) is 0 Å². The zero-order valence-corrected chi connectivity index (χ0v) is 11.8. The monoisotopic (exact) mass is 289 g/mol. The van der Waals surface area contributed by atoms with E-state index >= 15 is 0 Å². The fraction of sp³-hybridized carbons (Fsp3) is 0.417. The molecule has 0 bridgehead atoms. The number of esters is 1. The Kier molecular flexibility index (Phi) is 5.78. The number of benzene rings is 1. The summed E-state index contributed by atoms with van der Waals surface area (Å²) >= 11 is 7.53. The number of nitrogen functional groups attached to an aromatic ring is 1. The summed E-state index contributed by atoms with van der Waals surface area (Å²) in [4.78, 5) is 12.3. The number of methoxy groups -OCH3 is 1. The third-order valence-corrected chi connectivity index (χ3v) is 4.05. The summed E-state index contributed by atoms with van der Waals surface area (Å²) in [5, 5.41) is 9.45. The van der Waals surface area contributed by atoms with Crippen molar-refractivity contribution in [2.24, 2.45) is 0 Å². The molecule has 0 aliphatic carbocycles. The van der Waals surface area contributed by atoms with Crippen LogP contribution in [0.5, 0.6) is 0 Å². The molecular formula is C12H16ClNO3S. The van der Waals surface area contributed by atoms with Crippen molar-refractivity contribution in [3.8, 4) is 0 Å². The maximum atomic E-state index is 11.7. The maximum absolute atomic E-state index is 11.7. The molecule has 0 aliphatic rings. The van der Waals surface area contributed by atoms with Gasteiger partial charge in [-0.25, -0.2) is 4.79 Å². The lowest BCUT2D eigenvalue weighted by atomic mass is 10.2. The van der Waals surface area contributed by atoms with E-state index in [1.807, 2.05) is 6.92 Å². The van der Waals surface area contributed by atoms with E-state index in [1.165, 1.54) is 18.9 Å². The molecule has 1 unspecified atom stereocenters. The highest BCUT2D eigenvalue weighted by Gasteiger charge is 2.18. The highest BCUT2D eigenvalue weighted by molar-refractivity contribution is 8.00. The summed E-state index contributed by atoms with van der Waals surface area (Å²) in [5.74, 6) is -0.470. The van der Waals surface area contributed by atoms with Gasteiger partial charge in [-0.1, -0.05) is 18.5 Å². The van der Waals surface area contributed by atoms with Gasteiger partial charge in [0.05, 0.1) is 17.7 Å². The highest BCUT2D eigenvalue weighted by atomic mass is 35.5. The van der Waals surface area contributed by atoms with E-state index < -0.39 is 5.97 Å². The van der Waals surface area contributed by atoms with Crippen LogP contribution in [0.3, 0.4) is 0 Å². The number of halogens is 1. The van der Waals surface area contributed by atoms with Crippen molar-refractivity contribution >= 4 is 35.0 Å². The second-order valence-electron chi connectivity index (χ2n) is 3.81. The first-order valence-electron chi connectivity index (χ1n) is 5.44. The first kappa shape index (κ1) is 15.1. The van der Waals surface area contributed by atoms with Gasteiger partial charge in [-0.3, -0.25) is 0 Å². The summed E-state index contributed by atoms with van der Waals surface area (Å²) < 4.78 is 4.71. The molecule has 1 rings (SSSR count). The molecule has 0 fully saturated rings. The number of nitrogens with two attached hydrogens (primary N) is 1. The number of aliphatic hydroxyl groups excluding tert-OH is 1. The molecule has 0 heterocycles. The van der Waals surface area contributed by atoms with Gasteiger partial charge >= 0.3 is 5.97 Å². The molecule has 18 heavy (non-hydrogen) atoms. The Balaban J connectivity index is 3.11. The van der Waals surface area contributed by atoms with Crippen LogP contribution in [0.25, 0.3) is 0 Å². The zero-order chi connectivity index (χ0) is 13.7. The van der Waals surface area contributed by atoms with Gasteiger partial charge in [-0.05, 0) is 18.6 Å². The average Bonchev–Trinajstić information content (AvgIpc) is 2.31. The van der Waals surface area contributed by atoms with Crippen LogP contribution in [-0.4, -0.2) is 30.0 Å². The number of carbonyl (C=O) groups is 1. The van der Waals surface area contributed by atoms with Crippen molar-refractivity contribution in [1.29, 1.82) is 0 Å². The van der Waals surface area contributed by atoms with Crippen molar-refractivity contribution in [2.75, 3.05) is 19.5 Å². The van der Waals surface area contributed by atoms with E-state index in [-0.39, 0.29) is 11.9 Å². The van der Waals surface area contributed by atoms with Gasteiger partial charge in [0.25, 0.3) is 0 Å². The van der Waals surface area contributed by atoms with Gasteiger partial charge in [-0.2, -0.15) is 0 Å². The fourth-order valence-electron chi connectivity index (χ4n) is 1.44. The third-order valence-electron chi connectivity index (χ3n) is 2.33. The normalized spacial score (nSPS) is 12.2. The maximum Gasteiger partial charge on any atom is 0.339 e. The first-order valence-corrected chi connectivity index (χ1v) is 6.70. The molecule has 0 radical (unpaired) electrons. The van der Waals surface area contributed by atoms with Crippen LogP contribution in [0.2, 0.25) is 5.02 Å². The number of thioether (sulfide) groups is 1. The zero-order valence-electron chi connectivity index (χ0n) is 10.3. The molecule has 4 nitrogen and oxygen atoms in total. The van der Waals surface area contributed by atoms with Crippen LogP contribution in [0.15, 0.2) is 17.0 Å². The Labute approximate surface area is 115 Å². The number of anilines is 1. The molecule has 6 heteroatoms. The molecule has 0 amide bonds. The van der Waals surface area contributed by atoms with Crippen molar-refractivity contribution in [3.05, 3.63) is 22.7 Å². The van der Waals surface area contributed by atoms with Crippen LogP contribution in [0.4, 0.5) is 5.69 Å². The molecule has 0 saturated carbocycles. The Hall–Kier alpha value is -0.910. The van der Waals surface area contributed by atoms with Gasteiger partial charge in [0, 0.05) is 22.4 Å². The lowest BCUT2D eigenvalue weighted by Crippen LogP contribution is -2.07. The summed E-state index contributed by atoms with van der Waals surface area (Å²) in [6, 6.07) is 3.15. The molecule has 0 aliphatic heterocycles. The Morgan fingerprint density at radius 1 is 1.61 bits per heavy atom. The minimum Gasteiger partial charge on any atom is -0.465 e. The number of rotatable bonds is 5. The lowest BCUT2D eigenvalue weighted by molar-refractivity contribution is 0.0597. The summed E-state index contributed by atoms with van der Waals surface area (Å²) in [6.07, 6.45) is 0.617. The highest BCUT2D eigenvalue weighted by Crippen LogP contribution is 2.36. The average molecular weight is 290 g/mol. The minimum atomic E-state index is -0.470. The van der Waals surface area contributed by atoms with Crippen molar-refractivity contribution in [1.82, 2.24) is 0 Å². The second kappa shape index (κ2) is 6.87. The molecule has 1 aromatic carbocycles. The van der Waals surface area contributed by atoms with Crippen LogP contribution in [0, 0.1) is 0 Å². The van der Waals surface area contributed by atoms with Crippen LogP contribution in [-0.2, 0) is 4.74 Å². The van der Waals surface area contributed by atoms with Gasteiger partial charge < -0.3 is 15.6 Å². The van der Waals surface area contributed by atoms with Gasteiger partial charge in [0.15, 0.2) is 0 Å². The predicted molar refractivity (Wildman–Crippen MR) is 74.2 cm³/mol. The topological polar surface area (TPSA) is 72.5 Å². The Morgan fingerprint density at radius 3 is 2.83 bits per heavy atom. The largest absolute Gasteiger partial charge is 0.465 e. The Morgan fingerprint density at radius 2 is 2.28 bits per heavy atom.